The SMILES string of the molecule is COc1cccc(Cl)c1C(=O)c1c(C)cc(C)c(C)c1C. The number of rotatable bonds is 3. The van der Waals surface area contributed by atoms with E-state index in [0.717, 1.165) is 16.7 Å². The van der Waals surface area contributed by atoms with Gasteiger partial charge in [0.1, 0.15) is 5.75 Å². The Bertz CT molecular complexity index is 718. The lowest BCUT2D eigenvalue weighted by Gasteiger charge is -2.16. The molecule has 2 aromatic rings. The molecule has 110 valence electrons. The van der Waals surface area contributed by atoms with Crippen molar-refractivity contribution in [3.05, 3.63) is 62.7 Å². The molecule has 0 bridgehead atoms. The van der Waals surface area contributed by atoms with Gasteiger partial charge in [-0.05, 0) is 62.1 Å². The number of aryl methyl sites for hydroxylation is 2. The lowest BCUT2D eigenvalue weighted by molar-refractivity contribution is 0.103. The van der Waals surface area contributed by atoms with Crippen LogP contribution in [0.15, 0.2) is 24.3 Å². The van der Waals surface area contributed by atoms with Crippen LogP contribution in [0.25, 0.3) is 0 Å². The normalized spacial score (nSPS) is 10.6. The number of halogens is 1. The van der Waals surface area contributed by atoms with E-state index < -0.39 is 0 Å². The van der Waals surface area contributed by atoms with Crippen LogP contribution < -0.4 is 4.74 Å². The fourth-order valence-electron chi connectivity index (χ4n) is 2.65. The van der Waals surface area contributed by atoms with E-state index in [2.05, 4.69) is 6.92 Å². The highest BCUT2D eigenvalue weighted by Crippen LogP contribution is 2.32. The van der Waals surface area contributed by atoms with Gasteiger partial charge in [0, 0.05) is 5.56 Å². The highest BCUT2D eigenvalue weighted by Gasteiger charge is 2.22. The van der Waals surface area contributed by atoms with Gasteiger partial charge >= 0.3 is 0 Å². The largest absolute Gasteiger partial charge is 0.496 e. The zero-order chi connectivity index (χ0) is 15.7. The van der Waals surface area contributed by atoms with Crippen molar-refractivity contribution in [2.45, 2.75) is 27.7 Å². The first-order chi connectivity index (χ1) is 9.88. The molecule has 0 heterocycles. The molecule has 3 heteroatoms. The van der Waals surface area contributed by atoms with Gasteiger partial charge in [0.15, 0.2) is 5.78 Å². The Labute approximate surface area is 130 Å². The van der Waals surface area contributed by atoms with Gasteiger partial charge in [0.2, 0.25) is 0 Å². The monoisotopic (exact) mass is 302 g/mol. The number of ether oxygens (including phenoxy) is 1. The van der Waals surface area contributed by atoms with Gasteiger partial charge in [0.05, 0.1) is 17.7 Å². The summed E-state index contributed by atoms with van der Waals surface area (Å²) in [5.41, 5.74) is 5.42. The van der Waals surface area contributed by atoms with Crippen molar-refractivity contribution < 1.29 is 9.53 Å². The van der Waals surface area contributed by atoms with Crippen LogP contribution in [0.2, 0.25) is 5.02 Å². The van der Waals surface area contributed by atoms with Crippen LogP contribution in [-0.4, -0.2) is 12.9 Å². The summed E-state index contributed by atoms with van der Waals surface area (Å²) < 4.78 is 5.30. The molecule has 0 aromatic heterocycles. The van der Waals surface area contributed by atoms with Crippen LogP contribution in [0.4, 0.5) is 0 Å². The van der Waals surface area contributed by atoms with E-state index in [9.17, 15) is 4.79 Å². The lowest BCUT2D eigenvalue weighted by atomic mass is 9.89. The number of carbonyl (C=O) groups is 1. The van der Waals surface area contributed by atoms with Gasteiger partial charge < -0.3 is 4.74 Å². The number of benzene rings is 2. The quantitative estimate of drug-likeness (QED) is 0.760. The highest BCUT2D eigenvalue weighted by molar-refractivity contribution is 6.35. The van der Waals surface area contributed by atoms with Gasteiger partial charge in [-0.25, -0.2) is 0 Å². The predicted octanol–water partition coefficient (Wildman–Crippen LogP) is 4.81. The molecule has 0 saturated carbocycles. The fourth-order valence-corrected chi connectivity index (χ4v) is 2.91. The molecule has 21 heavy (non-hydrogen) atoms. The molecular weight excluding hydrogens is 284 g/mol. The average Bonchev–Trinajstić information content (AvgIpc) is 2.44. The van der Waals surface area contributed by atoms with Gasteiger partial charge in [-0.2, -0.15) is 0 Å². The number of hydrogen-bond donors (Lipinski definition) is 0. The highest BCUT2D eigenvalue weighted by atomic mass is 35.5. The van der Waals surface area contributed by atoms with E-state index in [1.807, 2.05) is 26.8 Å². The van der Waals surface area contributed by atoms with Crippen molar-refractivity contribution in [2.75, 3.05) is 7.11 Å². The van der Waals surface area contributed by atoms with Gasteiger partial charge in [0.25, 0.3) is 0 Å². The molecule has 2 nitrogen and oxygen atoms in total. The summed E-state index contributed by atoms with van der Waals surface area (Å²) in [4.78, 5) is 13.0. The third kappa shape index (κ3) is 2.68. The molecule has 0 aliphatic carbocycles. The Morgan fingerprint density at radius 2 is 1.67 bits per heavy atom. The topological polar surface area (TPSA) is 26.3 Å². The lowest BCUT2D eigenvalue weighted by Crippen LogP contribution is -2.10. The van der Waals surface area contributed by atoms with Crippen molar-refractivity contribution in [2.24, 2.45) is 0 Å². The van der Waals surface area contributed by atoms with Crippen LogP contribution in [0, 0.1) is 27.7 Å². The van der Waals surface area contributed by atoms with Gasteiger partial charge in [-0.15, -0.1) is 0 Å². The first-order valence-electron chi connectivity index (χ1n) is 6.83. The van der Waals surface area contributed by atoms with Crippen molar-refractivity contribution >= 4 is 17.4 Å². The van der Waals surface area contributed by atoms with Gasteiger partial charge in [-0.1, -0.05) is 23.7 Å². The average molecular weight is 303 g/mol. The number of methoxy groups -OCH3 is 1. The van der Waals surface area contributed by atoms with Crippen molar-refractivity contribution in [3.63, 3.8) is 0 Å². The standard InChI is InChI=1S/C18H19ClO2/c1-10-9-11(2)16(13(4)12(10)3)18(20)17-14(19)7-6-8-15(17)21-5/h6-9H,1-5H3. The molecule has 0 fully saturated rings. The zero-order valence-corrected chi connectivity index (χ0v) is 13.8. The van der Waals surface area contributed by atoms with E-state index >= 15 is 0 Å². The molecule has 2 rings (SSSR count). The summed E-state index contributed by atoms with van der Waals surface area (Å²) in [5.74, 6) is 0.417. The molecule has 0 aliphatic heterocycles. The van der Waals surface area contributed by atoms with E-state index in [1.54, 1.807) is 25.3 Å². The van der Waals surface area contributed by atoms with Crippen molar-refractivity contribution in [1.29, 1.82) is 0 Å². The minimum Gasteiger partial charge on any atom is -0.496 e. The van der Waals surface area contributed by atoms with E-state index in [0.29, 0.717) is 21.9 Å². The molecule has 0 radical (unpaired) electrons. The maximum Gasteiger partial charge on any atom is 0.198 e. The van der Waals surface area contributed by atoms with E-state index in [4.69, 9.17) is 16.3 Å². The second-order valence-corrected chi connectivity index (χ2v) is 5.69. The number of hydrogen-bond acceptors (Lipinski definition) is 2. The minimum atomic E-state index is -0.0875. The van der Waals surface area contributed by atoms with E-state index in [1.165, 1.54) is 5.56 Å². The first kappa shape index (κ1) is 15.6. The number of carbonyl (C=O) groups excluding carboxylic acids is 1. The predicted molar refractivity (Wildman–Crippen MR) is 86.8 cm³/mol. The molecule has 2 aromatic carbocycles. The Morgan fingerprint density at radius 3 is 2.29 bits per heavy atom. The van der Waals surface area contributed by atoms with Crippen molar-refractivity contribution in [3.8, 4) is 5.75 Å². The molecule has 0 saturated heterocycles. The fraction of sp³-hybridized carbons (Fsp3) is 0.278. The summed E-state index contributed by atoms with van der Waals surface area (Å²) in [6, 6.07) is 7.28. The summed E-state index contributed by atoms with van der Waals surface area (Å²) >= 11 is 6.23. The zero-order valence-electron chi connectivity index (χ0n) is 13.0. The van der Waals surface area contributed by atoms with E-state index in [-0.39, 0.29) is 5.78 Å². The van der Waals surface area contributed by atoms with Crippen LogP contribution in [0.3, 0.4) is 0 Å². The van der Waals surface area contributed by atoms with Crippen LogP contribution in [0.5, 0.6) is 5.75 Å². The third-order valence-electron chi connectivity index (χ3n) is 4.01. The second kappa shape index (κ2) is 5.90. The van der Waals surface area contributed by atoms with Crippen LogP contribution in [-0.2, 0) is 0 Å². The Kier molecular flexibility index (Phi) is 4.38. The molecule has 0 N–H and O–H groups in total. The molecule has 0 amide bonds. The van der Waals surface area contributed by atoms with Crippen LogP contribution >= 0.6 is 11.6 Å². The second-order valence-electron chi connectivity index (χ2n) is 5.28. The summed E-state index contributed by atoms with van der Waals surface area (Å²) in [7, 11) is 1.54. The first-order valence-corrected chi connectivity index (χ1v) is 7.20. The summed E-state index contributed by atoms with van der Waals surface area (Å²) in [6.45, 7) is 8.02. The Hall–Kier alpha value is -1.80. The molecule has 0 aliphatic rings. The maximum absolute atomic E-state index is 13.0. The Balaban J connectivity index is 2.70. The molecular formula is C18H19ClO2. The number of ketones is 1. The smallest absolute Gasteiger partial charge is 0.198 e. The summed E-state index contributed by atoms with van der Waals surface area (Å²) in [5, 5.41) is 0.413. The third-order valence-corrected chi connectivity index (χ3v) is 4.32. The molecule has 0 atom stereocenters. The minimum absolute atomic E-state index is 0.0875. The van der Waals surface area contributed by atoms with Gasteiger partial charge in [-0.3, -0.25) is 4.79 Å². The maximum atomic E-state index is 13.0. The van der Waals surface area contributed by atoms with Crippen molar-refractivity contribution in [1.82, 2.24) is 0 Å². The molecule has 0 unspecified atom stereocenters. The Morgan fingerprint density at radius 1 is 1.00 bits per heavy atom. The summed E-state index contributed by atoms with van der Waals surface area (Å²) in [6.07, 6.45) is 0. The molecule has 0 spiro atoms. The van der Waals surface area contributed by atoms with Crippen LogP contribution in [0.1, 0.15) is 38.2 Å².